The smallest absolute Gasteiger partial charge is 0.161 e. The fourth-order valence-corrected chi connectivity index (χ4v) is 1.76. The maximum absolute atomic E-state index is 13.3. The lowest BCUT2D eigenvalue weighted by molar-refractivity contribution is 0.487. The van der Waals surface area contributed by atoms with Gasteiger partial charge in [-0.3, -0.25) is 4.68 Å². The summed E-state index contributed by atoms with van der Waals surface area (Å²) >= 11 is 0. The molecule has 0 spiro atoms. The highest BCUT2D eigenvalue weighted by molar-refractivity contribution is 5.20. The molecule has 102 valence electrons. The molecule has 1 heterocycles. The van der Waals surface area contributed by atoms with E-state index in [4.69, 9.17) is 0 Å². The molecule has 0 aliphatic heterocycles. The molecule has 0 saturated carbocycles. The fourth-order valence-electron chi connectivity index (χ4n) is 1.76. The number of halogens is 3. The van der Waals surface area contributed by atoms with Gasteiger partial charge in [0.1, 0.15) is 5.82 Å². The summed E-state index contributed by atoms with van der Waals surface area (Å²) in [5, 5.41) is 7.01. The van der Waals surface area contributed by atoms with Gasteiger partial charge in [-0.15, -0.1) is 0 Å². The maximum atomic E-state index is 13.3. The zero-order valence-corrected chi connectivity index (χ0v) is 10.5. The van der Waals surface area contributed by atoms with Gasteiger partial charge in [-0.25, -0.2) is 13.2 Å². The molecule has 19 heavy (non-hydrogen) atoms. The molecule has 0 radical (unpaired) electrons. The van der Waals surface area contributed by atoms with Gasteiger partial charge in [0.25, 0.3) is 0 Å². The molecule has 1 aromatic carbocycles. The zero-order valence-electron chi connectivity index (χ0n) is 10.5. The Balaban J connectivity index is 1.84. The van der Waals surface area contributed by atoms with Crippen molar-refractivity contribution in [2.24, 2.45) is 7.05 Å². The normalized spacial score (nSPS) is 10.9. The molecular formula is C13H14F3N3. The highest BCUT2D eigenvalue weighted by Crippen LogP contribution is 2.13. The maximum Gasteiger partial charge on any atom is 0.161 e. The van der Waals surface area contributed by atoms with Crippen LogP contribution in [-0.2, 0) is 20.0 Å². The molecule has 1 aromatic heterocycles. The molecular weight excluding hydrogens is 255 g/mol. The second-order valence-corrected chi connectivity index (χ2v) is 4.31. The van der Waals surface area contributed by atoms with E-state index in [1.807, 2.05) is 13.2 Å². The topological polar surface area (TPSA) is 29.9 Å². The minimum Gasteiger partial charge on any atom is -0.312 e. The fraction of sp³-hybridized carbons (Fsp3) is 0.308. The SMILES string of the molecule is Cn1cc(CCNCc2cc(F)c(F)cc2F)cn1. The van der Waals surface area contributed by atoms with Crippen molar-refractivity contribution >= 4 is 0 Å². The first-order chi connectivity index (χ1) is 9.06. The number of hydrogen-bond acceptors (Lipinski definition) is 2. The standard InChI is InChI=1S/C13H14F3N3/c1-19-8-9(6-18-19)2-3-17-7-10-4-12(15)13(16)5-11(10)14/h4-6,8,17H,2-3,7H2,1H3. The van der Waals surface area contributed by atoms with E-state index in [0.717, 1.165) is 18.1 Å². The molecule has 0 atom stereocenters. The summed E-state index contributed by atoms with van der Waals surface area (Å²) in [7, 11) is 1.83. The van der Waals surface area contributed by atoms with Gasteiger partial charge in [0.05, 0.1) is 6.20 Å². The summed E-state index contributed by atoms with van der Waals surface area (Å²) in [6, 6.07) is 1.44. The summed E-state index contributed by atoms with van der Waals surface area (Å²) < 4.78 is 40.7. The Morgan fingerprint density at radius 3 is 2.58 bits per heavy atom. The van der Waals surface area contributed by atoms with E-state index < -0.39 is 17.5 Å². The van der Waals surface area contributed by atoms with Gasteiger partial charge < -0.3 is 5.32 Å². The van der Waals surface area contributed by atoms with E-state index in [2.05, 4.69) is 10.4 Å². The van der Waals surface area contributed by atoms with Crippen molar-refractivity contribution in [3.8, 4) is 0 Å². The van der Waals surface area contributed by atoms with Gasteiger partial charge in [0.15, 0.2) is 11.6 Å². The van der Waals surface area contributed by atoms with Crippen LogP contribution in [0.5, 0.6) is 0 Å². The van der Waals surface area contributed by atoms with Crippen LogP contribution in [0.1, 0.15) is 11.1 Å². The van der Waals surface area contributed by atoms with E-state index in [1.54, 1.807) is 10.9 Å². The summed E-state index contributed by atoms with van der Waals surface area (Å²) in [4.78, 5) is 0. The second-order valence-electron chi connectivity index (χ2n) is 4.31. The van der Waals surface area contributed by atoms with Crippen LogP contribution in [0, 0.1) is 17.5 Å². The molecule has 0 unspecified atom stereocenters. The number of aryl methyl sites for hydroxylation is 1. The highest BCUT2D eigenvalue weighted by Gasteiger charge is 2.09. The van der Waals surface area contributed by atoms with Crippen molar-refractivity contribution in [2.75, 3.05) is 6.54 Å². The average molecular weight is 269 g/mol. The largest absolute Gasteiger partial charge is 0.312 e. The summed E-state index contributed by atoms with van der Waals surface area (Å²) in [6.45, 7) is 0.757. The third-order valence-electron chi connectivity index (χ3n) is 2.75. The quantitative estimate of drug-likeness (QED) is 0.666. The van der Waals surface area contributed by atoms with Crippen molar-refractivity contribution in [1.82, 2.24) is 15.1 Å². The van der Waals surface area contributed by atoms with Gasteiger partial charge in [-0.05, 0) is 24.6 Å². The minimum absolute atomic E-state index is 0.116. The van der Waals surface area contributed by atoms with Crippen LogP contribution in [-0.4, -0.2) is 16.3 Å². The molecule has 2 rings (SSSR count). The predicted octanol–water partition coefficient (Wildman–Crippen LogP) is 2.17. The van der Waals surface area contributed by atoms with Crippen LogP contribution >= 0.6 is 0 Å². The summed E-state index contributed by atoms with van der Waals surface area (Å²) in [5.41, 5.74) is 1.17. The first kappa shape index (κ1) is 13.6. The lowest BCUT2D eigenvalue weighted by Crippen LogP contribution is -2.17. The Morgan fingerprint density at radius 1 is 1.16 bits per heavy atom. The van der Waals surface area contributed by atoms with Crippen molar-refractivity contribution in [3.63, 3.8) is 0 Å². The van der Waals surface area contributed by atoms with Crippen LogP contribution in [0.2, 0.25) is 0 Å². The number of aromatic nitrogens is 2. The Morgan fingerprint density at radius 2 is 1.89 bits per heavy atom. The molecule has 2 aromatic rings. The lowest BCUT2D eigenvalue weighted by Gasteiger charge is -2.06. The van der Waals surface area contributed by atoms with Crippen molar-refractivity contribution < 1.29 is 13.2 Å². The number of nitrogens with one attached hydrogen (secondary N) is 1. The van der Waals surface area contributed by atoms with Crippen LogP contribution < -0.4 is 5.32 Å². The Hall–Kier alpha value is -1.82. The van der Waals surface area contributed by atoms with Crippen LogP contribution in [0.25, 0.3) is 0 Å². The van der Waals surface area contributed by atoms with Crippen LogP contribution in [0.4, 0.5) is 13.2 Å². The van der Waals surface area contributed by atoms with E-state index in [0.29, 0.717) is 12.6 Å². The molecule has 0 aliphatic carbocycles. The minimum atomic E-state index is -1.17. The number of rotatable bonds is 5. The Labute approximate surface area is 109 Å². The Bertz CT molecular complexity index is 566. The van der Waals surface area contributed by atoms with Crippen LogP contribution in [0.15, 0.2) is 24.5 Å². The highest BCUT2D eigenvalue weighted by atomic mass is 19.2. The van der Waals surface area contributed by atoms with Crippen LogP contribution in [0.3, 0.4) is 0 Å². The number of hydrogen-bond donors (Lipinski definition) is 1. The predicted molar refractivity (Wildman–Crippen MR) is 64.9 cm³/mol. The molecule has 0 amide bonds. The monoisotopic (exact) mass is 269 g/mol. The number of benzene rings is 1. The Kier molecular flexibility index (Phi) is 4.21. The van der Waals surface area contributed by atoms with E-state index in [9.17, 15) is 13.2 Å². The van der Waals surface area contributed by atoms with Gasteiger partial charge in [0.2, 0.25) is 0 Å². The van der Waals surface area contributed by atoms with E-state index in [1.165, 1.54) is 0 Å². The molecule has 0 bridgehead atoms. The average Bonchev–Trinajstić information content (AvgIpc) is 2.77. The van der Waals surface area contributed by atoms with E-state index in [-0.39, 0.29) is 12.1 Å². The number of nitrogens with zero attached hydrogens (tertiary/aromatic N) is 2. The molecule has 0 fully saturated rings. The van der Waals surface area contributed by atoms with Gasteiger partial charge >= 0.3 is 0 Å². The first-order valence-corrected chi connectivity index (χ1v) is 5.88. The molecule has 1 N–H and O–H groups in total. The molecule has 0 saturated heterocycles. The van der Waals surface area contributed by atoms with E-state index >= 15 is 0 Å². The van der Waals surface area contributed by atoms with Gasteiger partial charge in [-0.2, -0.15) is 5.10 Å². The third-order valence-corrected chi connectivity index (χ3v) is 2.75. The summed E-state index contributed by atoms with van der Waals surface area (Å²) in [5.74, 6) is -2.95. The molecule has 3 nitrogen and oxygen atoms in total. The first-order valence-electron chi connectivity index (χ1n) is 5.88. The van der Waals surface area contributed by atoms with Crippen molar-refractivity contribution in [1.29, 1.82) is 0 Å². The molecule has 0 aliphatic rings. The lowest BCUT2D eigenvalue weighted by atomic mass is 10.2. The summed E-state index contributed by atoms with van der Waals surface area (Å²) in [6.07, 6.45) is 4.37. The van der Waals surface area contributed by atoms with Gasteiger partial charge in [-0.1, -0.05) is 0 Å². The zero-order chi connectivity index (χ0) is 13.8. The van der Waals surface area contributed by atoms with Gasteiger partial charge in [0, 0.05) is 31.4 Å². The second kappa shape index (κ2) is 5.88. The third kappa shape index (κ3) is 3.57. The van der Waals surface area contributed by atoms with Crippen molar-refractivity contribution in [2.45, 2.75) is 13.0 Å². The van der Waals surface area contributed by atoms with Crippen molar-refractivity contribution in [3.05, 3.63) is 53.1 Å². The molecule has 6 heteroatoms.